The second-order valence-electron chi connectivity index (χ2n) is 7.82. The molecule has 12 heteroatoms. The molecule has 0 unspecified atom stereocenters. The number of amides is 1. The molecule has 0 aliphatic rings. The van der Waals surface area contributed by atoms with Gasteiger partial charge in [0.1, 0.15) is 17.1 Å². The standard InChI is InChI=1S/C23H20BrF4N5O2/c1-12-20(24)13(2)32(30-12)10-14-4-3-5-15(8-14)29-23(34)19-7-6-16(35-19)11-33-18(22(27)28)9-17(31-33)21(25)26/h3-9,21-22H,10-11H2,1-2H3,(H,29,34). The number of nitrogens with zero attached hydrogens (tertiary/aromatic N) is 4. The van der Waals surface area contributed by atoms with E-state index in [4.69, 9.17) is 4.42 Å². The first-order valence-corrected chi connectivity index (χ1v) is 11.2. The number of rotatable bonds is 8. The van der Waals surface area contributed by atoms with Crippen molar-refractivity contribution >= 4 is 27.5 Å². The van der Waals surface area contributed by atoms with Crippen molar-refractivity contribution in [2.45, 2.75) is 39.8 Å². The molecule has 1 amide bonds. The second kappa shape index (κ2) is 10.1. The fraction of sp³-hybridized carbons (Fsp3) is 0.261. The van der Waals surface area contributed by atoms with E-state index in [0.717, 1.165) is 26.1 Å². The van der Waals surface area contributed by atoms with Gasteiger partial charge in [0.25, 0.3) is 18.8 Å². The summed E-state index contributed by atoms with van der Waals surface area (Å²) >= 11 is 3.50. The molecule has 4 aromatic rings. The van der Waals surface area contributed by atoms with Crippen LogP contribution in [-0.4, -0.2) is 25.5 Å². The predicted octanol–water partition coefficient (Wildman–Crippen LogP) is 6.28. The van der Waals surface area contributed by atoms with Gasteiger partial charge in [-0.3, -0.25) is 14.2 Å². The van der Waals surface area contributed by atoms with Gasteiger partial charge in [0, 0.05) is 5.69 Å². The molecule has 0 fully saturated rings. The maximum atomic E-state index is 13.2. The number of hydrogen-bond donors (Lipinski definition) is 1. The molecular formula is C23H20BrF4N5O2. The van der Waals surface area contributed by atoms with Gasteiger partial charge in [-0.25, -0.2) is 17.6 Å². The van der Waals surface area contributed by atoms with Crippen molar-refractivity contribution in [3.8, 4) is 0 Å². The van der Waals surface area contributed by atoms with E-state index in [1.54, 1.807) is 18.2 Å². The van der Waals surface area contributed by atoms with E-state index in [0.29, 0.717) is 18.3 Å². The Morgan fingerprint density at radius 3 is 2.46 bits per heavy atom. The normalized spacial score (nSPS) is 11.6. The van der Waals surface area contributed by atoms with Crippen molar-refractivity contribution in [3.05, 3.63) is 86.8 Å². The molecule has 4 rings (SSSR count). The van der Waals surface area contributed by atoms with Crippen LogP contribution in [-0.2, 0) is 13.1 Å². The molecule has 0 bridgehead atoms. The fourth-order valence-electron chi connectivity index (χ4n) is 3.54. The third kappa shape index (κ3) is 5.47. The van der Waals surface area contributed by atoms with Gasteiger partial charge in [0.05, 0.1) is 29.0 Å². The van der Waals surface area contributed by atoms with Gasteiger partial charge >= 0.3 is 0 Å². The molecule has 1 aromatic carbocycles. The molecule has 3 aromatic heterocycles. The number of hydrogen-bond acceptors (Lipinski definition) is 4. The molecule has 184 valence electrons. The second-order valence-corrected chi connectivity index (χ2v) is 8.61. The zero-order valence-corrected chi connectivity index (χ0v) is 20.2. The maximum Gasteiger partial charge on any atom is 0.291 e. The minimum absolute atomic E-state index is 0.0623. The molecule has 0 aliphatic carbocycles. The predicted molar refractivity (Wildman–Crippen MR) is 123 cm³/mol. The number of aromatic nitrogens is 4. The number of nitrogens with one attached hydrogen (secondary N) is 1. The van der Waals surface area contributed by atoms with Crippen molar-refractivity contribution < 1.29 is 26.8 Å². The van der Waals surface area contributed by atoms with Crippen LogP contribution in [0.25, 0.3) is 0 Å². The topological polar surface area (TPSA) is 77.9 Å². The molecule has 0 saturated heterocycles. The maximum absolute atomic E-state index is 13.2. The minimum Gasteiger partial charge on any atom is -0.454 e. The monoisotopic (exact) mass is 553 g/mol. The molecule has 0 radical (unpaired) electrons. The van der Waals surface area contributed by atoms with Crippen LogP contribution in [0, 0.1) is 13.8 Å². The number of carbonyl (C=O) groups is 1. The summed E-state index contributed by atoms with van der Waals surface area (Å²) in [5.74, 6) is -0.498. The van der Waals surface area contributed by atoms with Crippen LogP contribution in [0.4, 0.5) is 23.2 Å². The smallest absolute Gasteiger partial charge is 0.291 e. The van der Waals surface area contributed by atoms with Crippen molar-refractivity contribution in [1.29, 1.82) is 0 Å². The quantitative estimate of drug-likeness (QED) is 0.260. The summed E-state index contributed by atoms with van der Waals surface area (Å²) in [5.41, 5.74) is 1.88. The third-order valence-electron chi connectivity index (χ3n) is 5.28. The SMILES string of the molecule is Cc1nn(Cc2cccc(NC(=O)c3ccc(Cn4nc(C(F)F)cc4C(F)F)o3)c2)c(C)c1Br. The average molecular weight is 554 g/mol. The number of furan rings is 1. The van der Waals surface area contributed by atoms with E-state index < -0.39 is 30.1 Å². The van der Waals surface area contributed by atoms with Crippen molar-refractivity contribution in [3.63, 3.8) is 0 Å². The summed E-state index contributed by atoms with van der Waals surface area (Å²) in [6.45, 7) is 4.03. The Morgan fingerprint density at radius 1 is 1.03 bits per heavy atom. The molecule has 0 atom stereocenters. The van der Waals surface area contributed by atoms with Crippen molar-refractivity contribution in [1.82, 2.24) is 19.6 Å². The summed E-state index contributed by atoms with van der Waals surface area (Å²) in [4.78, 5) is 12.6. The number of benzene rings is 1. The lowest BCUT2D eigenvalue weighted by molar-refractivity contribution is 0.0994. The summed E-state index contributed by atoms with van der Waals surface area (Å²) in [6, 6.07) is 10.7. The highest BCUT2D eigenvalue weighted by molar-refractivity contribution is 9.10. The molecule has 3 heterocycles. The van der Waals surface area contributed by atoms with Crippen molar-refractivity contribution in [2.75, 3.05) is 5.32 Å². The lowest BCUT2D eigenvalue weighted by Crippen LogP contribution is -2.12. The van der Waals surface area contributed by atoms with Crippen LogP contribution >= 0.6 is 15.9 Å². The Labute approximate surface area is 205 Å². The van der Waals surface area contributed by atoms with Gasteiger partial charge in [-0.2, -0.15) is 10.2 Å². The zero-order chi connectivity index (χ0) is 25.3. The Morgan fingerprint density at radius 2 is 1.80 bits per heavy atom. The van der Waals surface area contributed by atoms with Crippen molar-refractivity contribution in [2.24, 2.45) is 0 Å². The van der Waals surface area contributed by atoms with Crippen LogP contribution in [0.2, 0.25) is 0 Å². The molecule has 0 saturated carbocycles. The first kappa shape index (κ1) is 24.7. The highest BCUT2D eigenvalue weighted by Crippen LogP contribution is 2.26. The molecule has 7 nitrogen and oxygen atoms in total. The first-order valence-electron chi connectivity index (χ1n) is 10.4. The molecule has 1 N–H and O–H groups in total. The molecule has 0 spiro atoms. The summed E-state index contributed by atoms with van der Waals surface area (Å²) < 4.78 is 61.1. The molecular weight excluding hydrogens is 534 g/mol. The summed E-state index contributed by atoms with van der Waals surface area (Å²) in [7, 11) is 0. The lowest BCUT2D eigenvalue weighted by Gasteiger charge is -2.08. The van der Waals surface area contributed by atoms with Crippen LogP contribution in [0.5, 0.6) is 0 Å². The third-order valence-corrected chi connectivity index (χ3v) is 6.43. The van der Waals surface area contributed by atoms with Crippen LogP contribution < -0.4 is 5.32 Å². The Kier molecular flexibility index (Phi) is 7.10. The van der Waals surface area contributed by atoms with E-state index in [2.05, 4.69) is 31.4 Å². The highest BCUT2D eigenvalue weighted by atomic mass is 79.9. The average Bonchev–Trinajstić information content (AvgIpc) is 3.50. The van der Waals surface area contributed by atoms with E-state index in [-0.39, 0.29) is 18.1 Å². The van der Waals surface area contributed by atoms with E-state index in [1.807, 2.05) is 24.6 Å². The zero-order valence-electron chi connectivity index (χ0n) is 18.6. The number of halogens is 5. The number of aryl methyl sites for hydroxylation is 1. The Bertz CT molecular complexity index is 1360. The van der Waals surface area contributed by atoms with Crippen LogP contribution in [0.15, 0.2) is 51.4 Å². The van der Waals surface area contributed by atoms with Gasteiger partial charge in [-0.1, -0.05) is 12.1 Å². The van der Waals surface area contributed by atoms with Gasteiger partial charge in [0.15, 0.2) is 5.76 Å². The van der Waals surface area contributed by atoms with Crippen LogP contribution in [0.1, 0.15) is 57.5 Å². The lowest BCUT2D eigenvalue weighted by atomic mass is 10.2. The van der Waals surface area contributed by atoms with Crippen LogP contribution in [0.3, 0.4) is 0 Å². The van der Waals surface area contributed by atoms with Gasteiger partial charge in [-0.05, 0) is 65.7 Å². The van der Waals surface area contributed by atoms with E-state index in [9.17, 15) is 22.4 Å². The van der Waals surface area contributed by atoms with E-state index >= 15 is 0 Å². The van der Waals surface area contributed by atoms with Gasteiger partial charge < -0.3 is 9.73 Å². The number of alkyl halides is 4. The minimum atomic E-state index is -2.99. The number of anilines is 1. The Hall–Kier alpha value is -3.41. The molecule has 35 heavy (non-hydrogen) atoms. The van der Waals surface area contributed by atoms with Gasteiger partial charge in [-0.15, -0.1) is 0 Å². The first-order chi connectivity index (χ1) is 16.6. The highest BCUT2D eigenvalue weighted by Gasteiger charge is 2.22. The number of carbonyl (C=O) groups excluding carboxylic acids is 1. The molecule has 0 aliphatic heterocycles. The summed E-state index contributed by atoms with van der Waals surface area (Å²) in [6.07, 6.45) is -5.97. The van der Waals surface area contributed by atoms with E-state index in [1.165, 1.54) is 12.1 Å². The fourth-order valence-corrected chi connectivity index (χ4v) is 3.82. The Balaban J connectivity index is 1.45. The van der Waals surface area contributed by atoms with Gasteiger partial charge in [0.2, 0.25) is 0 Å². The largest absolute Gasteiger partial charge is 0.454 e. The summed E-state index contributed by atoms with van der Waals surface area (Å²) in [5, 5.41) is 10.7.